The van der Waals surface area contributed by atoms with Crippen LogP contribution >= 0.6 is 0 Å². The van der Waals surface area contributed by atoms with Crippen molar-refractivity contribution in [1.29, 1.82) is 0 Å². The minimum absolute atomic E-state index is 0.361. The third kappa shape index (κ3) is 20.0. The van der Waals surface area contributed by atoms with Gasteiger partial charge < -0.3 is 5.32 Å². The lowest BCUT2D eigenvalue weighted by atomic mass is 9.91. The summed E-state index contributed by atoms with van der Waals surface area (Å²) in [6.45, 7) is 17.4. The van der Waals surface area contributed by atoms with Gasteiger partial charge in [-0.15, -0.1) is 0 Å². The zero-order chi connectivity index (χ0) is 15.3. The lowest BCUT2D eigenvalue weighted by Crippen LogP contribution is -2.13. The van der Waals surface area contributed by atoms with Crippen LogP contribution in [0.2, 0.25) is 0 Å². The van der Waals surface area contributed by atoms with Crippen molar-refractivity contribution in [2.45, 2.75) is 86.5 Å². The highest BCUT2D eigenvalue weighted by Gasteiger charge is 2.10. The maximum absolute atomic E-state index is 3.85. The van der Waals surface area contributed by atoms with E-state index in [0.29, 0.717) is 5.41 Å². The summed E-state index contributed by atoms with van der Waals surface area (Å²) in [5.41, 5.74) is 1.47. The number of hydrogen-bond donors (Lipinski definition) is 1. The van der Waals surface area contributed by atoms with Gasteiger partial charge in [0.2, 0.25) is 0 Å². The summed E-state index contributed by atoms with van der Waals surface area (Å²) in [6.07, 6.45) is 9.49. The standard InChI is InChI=1S/C10H22.C8H17N/c1-4-6-7-9-10(3)8-5-2;1-7(9-5)6-8(2,3)4/h10H,4-9H2,1-3H3;9H,1,6H2,2-5H3. The van der Waals surface area contributed by atoms with Crippen LogP contribution in [0.3, 0.4) is 0 Å². The molecule has 0 aromatic carbocycles. The first-order valence-corrected chi connectivity index (χ1v) is 8.12. The number of hydrogen-bond acceptors (Lipinski definition) is 1. The van der Waals surface area contributed by atoms with Gasteiger partial charge in [-0.3, -0.25) is 0 Å². The molecule has 0 rings (SSSR count). The Morgan fingerprint density at radius 2 is 1.63 bits per heavy atom. The highest BCUT2D eigenvalue weighted by atomic mass is 14.8. The molecule has 0 radical (unpaired) electrons. The van der Waals surface area contributed by atoms with Gasteiger partial charge in [0.05, 0.1) is 0 Å². The van der Waals surface area contributed by atoms with Crippen molar-refractivity contribution in [3.63, 3.8) is 0 Å². The highest BCUT2D eigenvalue weighted by Crippen LogP contribution is 2.21. The molecule has 0 heterocycles. The van der Waals surface area contributed by atoms with Crippen LogP contribution in [0.25, 0.3) is 0 Å². The van der Waals surface area contributed by atoms with E-state index >= 15 is 0 Å². The molecule has 1 unspecified atom stereocenters. The number of nitrogens with one attached hydrogen (secondary N) is 1. The van der Waals surface area contributed by atoms with E-state index in [1.165, 1.54) is 38.5 Å². The number of unbranched alkanes of at least 4 members (excludes halogenated alkanes) is 2. The van der Waals surface area contributed by atoms with Crippen LogP contribution in [-0.2, 0) is 0 Å². The minimum atomic E-state index is 0.361. The van der Waals surface area contributed by atoms with Gasteiger partial charge in [-0.25, -0.2) is 0 Å². The van der Waals surface area contributed by atoms with Crippen LogP contribution in [0.1, 0.15) is 86.5 Å². The Balaban J connectivity index is 0. The molecule has 0 aromatic rings. The molecule has 0 aliphatic carbocycles. The van der Waals surface area contributed by atoms with Gasteiger partial charge in [0.25, 0.3) is 0 Å². The molecule has 19 heavy (non-hydrogen) atoms. The maximum Gasteiger partial charge on any atom is 0.00363 e. The van der Waals surface area contributed by atoms with E-state index in [1.54, 1.807) is 0 Å². The van der Waals surface area contributed by atoms with Crippen molar-refractivity contribution in [1.82, 2.24) is 5.32 Å². The maximum atomic E-state index is 3.85. The van der Waals surface area contributed by atoms with Crippen LogP contribution in [-0.4, -0.2) is 7.05 Å². The Bertz CT molecular complexity index is 200. The SMILES string of the molecule is C=C(CC(C)(C)C)NC.CCCCCC(C)CCC. The topological polar surface area (TPSA) is 12.0 Å². The van der Waals surface area contributed by atoms with Crippen molar-refractivity contribution >= 4 is 0 Å². The highest BCUT2D eigenvalue weighted by molar-refractivity contribution is 4.93. The molecule has 0 saturated heterocycles. The summed E-state index contributed by atoms with van der Waals surface area (Å²) in [6, 6.07) is 0. The van der Waals surface area contributed by atoms with Gasteiger partial charge in [-0.1, -0.05) is 86.6 Å². The summed E-state index contributed by atoms with van der Waals surface area (Å²) in [7, 11) is 1.91. The molecule has 0 bridgehead atoms. The van der Waals surface area contributed by atoms with Gasteiger partial charge in [-0.05, 0) is 17.8 Å². The van der Waals surface area contributed by atoms with E-state index in [9.17, 15) is 0 Å². The molecule has 1 N–H and O–H groups in total. The van der Waals surface area contributed by atoms with Gasteiger partial charge in [0, 0.05) is 12.7 Å². The third-order valence-corrected chi connectivity index (χ3v) is 3.18. The lowest BCUT2D eigenvalue weighted by molar-refractivity contribution is 0.402. The van der Waals surface area contributed by atoms with Crippen molar-refractivity contribution in [2.75, 3.05) is 7.05 Å². The summed E-state index contributed by atoms with van der Waals surface area (Å²) in [5, 5.41) is 3.03. The molecule has 116 valence electrons. The van der Waals surface area contributed by atoms with Crippen LogP contribution in [0, 0.1) is 11.3 Å². The summed E-state index contributed by atoms with van der Waals surface area (Å²) < 4.78 is 0. The summed E-state index contributed by atoms with van der Waals surface area (Å²) in [4.78, 5) is 0. The minimum Gasteiger partial charge on any atom is -0.392 e. The van der Waals surface area contributed by atoms with E-state index in [0.717, 1.165) is 18.0 Å². The fourth-order valence-corrected chi connectivity index (χ4v) is 2.11. The van der Waals surface area contributed by atoms with Gasteiger partial charge in [-0.2, -0.15) is 0 Å². The largest absolute Gasteiger partial charge is 0.392 e. The van der Waals surface area contributed by atoms with Gasteiger partial charge >= 0.3 is 0 Å². The van der Waals surface area contributed by atoms with E-state index in [4.69, 9.17) is 0 Å². The molecule has 1 nitrogen and oxygen atoms in total. The summed E-state index contributed by atoms with van der Waals surface area (Å²) >= 11 is 0. The first-order valence-electron chi connectivity index (χ1n) is 8.12. The van der Waals surface area contributed by atoms with E-state index in [-0.39, 0.29) is 0 Å². The number of allylic oxidation sites excluding steroid dienone is 1. The molecule has 0 aromatic heterocycles. The lowest BCUT2D eigenvalue weighted by Gasteiger charge is -2.18. The first-order chi connectivity index (χ1) is 8.76. The molecule has 0 fully saturated rings. The first kappa shape index (κ1) is 20.8. The van der Waals surface area contributed by atoms with Crippen LogP contribution in [0.5, 0.6) is 0 Å². The normalized spacial score (nSPS) is 12.4. The van der Waals surface area contributed by atoms with E-state index in [2.05, 4.69) is 53.4 Å². The zero-order valence-corrected chi connectivity index (χ0v) is 14.7. The molecular formula is C18H39N. The average Bonchev–Trinajstić information content (AvgIpc) is 2.28. The predicted molar refractivity (Wildman–Crippen MR) is 90.5 cm³/mol. The predicted octanol–water partition coefficient (Wildman–Crippen LogP) is 6.16. The monoisotopic (exact) mass is 269 g/mol. The second-order valence-corrected chi connectivity index (χ2v) is 6.98. The van der Waals surface area contributed by atoms with Crippen molar-refractivity contribution < 1.29 is 0 Å². The fourth-order valence-electron chi connectivity index (χ4n) is 2.11. The molecular weight excluding hydrogens is 230 g/mol. The van der Waals surface area contributed by atoms with E-state index < -0.39 is 0 Å². The second kappa shape index (κ2) is 12.6. The molecule has 0 saturated carbocycles. The molecule has 0 aliphatic rings. The average molecular weight is 270 g/mol. The Kier molecular flexibility index (Phi) is 13.8. The Hall–Kier alpha value is -0.460. The van der Waals surface area contributed by atoms with Crippen LogP contribution in [0.4, 0.5) is 0 Å². The zero-order valence-electron chi connectivity index (χ0n) is 14.7. The molecule has 0 aliphatic heterocycles. The quantitative estimate of drug-likeness (QED) is 0.520. The van der Waals surface area contributed by atoms with Gasteiger partial charge in [0.15, 0.2) is 0 Å². The Morgan fingerprint density at radius 1 is 1.05 bits per heavy atom. The third-order valence-electron chi connectivity index (χ3n) is 3.18. The van der Waals surface area contributed by atoms with Crippen LogP contribution in [0.15, 0.2) is 12.3 Å². The van der Waals surface area contributed by atoms with Crippen molar-refractivity contribution in [2.24, 2.45) is 11.3 Å². The molecule has 0 amide bonds. The molecule has 1 heteroatoms. The van der Waals surface area contributed by atoms with Crippen LogP contribution < -0.4 is 5.32 Å². The van der Waals surface area contributed by atoms with Gasteiger partial charge in [0.1, 0.15) is 0 Å². The Labute approximate surface area is 123 Å². The molecule has 1 atom stereocenters. The second-order valence-electron chi connectivity index (χ2n) is 6.98. The van der Waals surface area contributed by atoms with Crippen molar-refractivity contribution in [3.05, 3.63) is 12.3 Å². The summed E-state index contributed by atoms with van der Waals surface area (Å²) in [5.74, 6) is 0.969. The Morgan fingerprint density at radius 3 is 1.95 bits per heavy atom. The number of rotatable bonds is 8. The van der Waals surface area contributed by atoms with Crippen molar-refractivity contribution in [3.8, 4) is 0 Å². The molecule has 0 spiro atoms. The fraction of sp³-hybridized carbons (Fsp3) is 0.889. The van der Waals surface area contributed by atoms with E-state index in [1.807, 2.05) is 7.05 Å². The smallest absolute Gasteiger partial charge is 0.00363 e.